The lowest BCUT2D eigenvalue weighted by atomic mass is 10.1. The predicted octanol–water partition coefficient (Wildman–Crippen LogP) is 1.55. The van der Waals surface area contributed by atoms with Crippen molar-refractivity contribution in [3.63, 3.8) is 0 Å². The van der Waals surface area contributed by atoms with Crippen LogP contribution in [0.2, 0.25) is 0 Å². The average molecular weight is 270 g/mol. The van der Waals surface area contributed by atoms with Crippen molar-refractivity contribution < 1.29 is 27.9 Å². The van der Waals surface area contributed by atoms with Crippen LogP contribution >= 0.6 is 0 Å². The molecule has 0 aliphatic heterocycles. The van der Waals surface area contributed by atoms with Crippen LogP contribution in [0.1, 0.15) is 13.8 Å². The molecule has 0 radical (unpaired) electrons. The molecular formula is C10H17F3N2O3. The minimum atomic E-state index is -4.36. The summed E-state index contributed by atoms with van der Waals surface area (Å²) in [5, 5.41) is 10.7. The van der Waals surface area contributed by atoms with Gasteiger partial charge in [-0.3, -0.25) is 4.79 Å². The number of carbonyl (C=O) groups is 2. The standard InChI is InChI=1S/C10H17F3N2O3/c1-6(8(16)17)5-15(3)9(18)14-4-7(2)10(11,12)13/h6-7H,4-5H2,1-3H3,(H,14,18)(H,16,17). The van der Waals surface area contributed by atoms with Gasteiger partial charge in [-0.25, -0.2) is 4.79 Å². The second-order valence-corrected chi connectivity index (χ2v) is 4.25. The van der Waals surface area contributed by atoms with Crippen LogP contribution in [0.15, 0.2) is 0 Å². The fourth-order valence-electron chi connectivity index (χ4n) is 1.06. The fraction of sp³-hybridized carbons (Fsp3) is 0.800. The number of alkyl halides is 3. The van der Waals surface area contributed by atoms with E-state index in [2.05, 4.69) is 5.32 Å². The third kappa shape index (κ3) is 5.74. The molecule has 8 heteroatoms. The molecule has 5 nitrogen and oxygen atoms in total. The lowest BCUT2D eigenvalue weighted by molar-refractivity contribution is -0.167. The molecule has 0 spiro atoms. The Balaban J connectivity index is 4.14. The van der Waals surface area contributed by atoms with Crippen molar-refractivity contribution in [3.8, 4) is 0 Å². The van der Waals surface area contributed by atoms with Crippen LogP contribution in [-0.2, 0) is 4.79 Å². The van der Waals surface area contributed by atoms with Crippen molar-refractivity contribution >= 4 is 12.0 Å². The van der Waals surface area contributed by atoms with Crippen molar-refractivity contribution in [2.45, 2.75) is 20.0 Å². The number of rotatable bonds is 5. The van der Waals surface area contributed by atoms with Gasteiger partial charge in [-0.2, -0.15) is 13.2 Å². The van der Waals surface area contributed by atoms with Gasteiger partial charge in [0.05, 0.1) is 11.8 Å². The van der Waals surface area contributed by atoms with Gasteiger partial charge in [-0.1, -0.05) is 13.8 Å². The minimum absolute atomic E-state index is 0.0679. The number of carboxylic acid groups (broad SMARTS) is 1. The van der Waals surface area contributed by atoms with Crippen LogP contribution in [0.25, 0.3) is 0 Å². The molecule has 106 valence electrons. The summed E-state index contributed by atoms with van der Waals surface area (Å²) in [6, 6.07) is -0.723. The maximum Gasteiger partial charge on any atom is 0.393 e. The van der Waals surface area contributed by atoms with Gasteiger partial charge in [0.15, 0.2) is 0 Å². The molecular weight excluding hydrogens is 253 g/mol. The summed E-state index contributed by atoms with van der Waals surface area (Å²) >= 11 is 0. The summed E-state index contributed by atoms with van der Waals surface area (Å²) in [5.41, 5.74) is 0. The summed E-state index contributed by atoms with van der Waals surface area (Å²) in [7, 11) is 1.33. The van der Waals surface area contributed by atoms with E-state index in [-0.39, 0.29) is 6.54 Å². The molecule has 0 rings (SSSR count). The van der Waals surface area contributed by atoms with Gasteiger partial charge >= 0.3 is 18.2 Å². The number of carboxylic acids is 1. The average Bonchev–Trinajstić information content (AvgIpc) is 2.23. The SMILES string of the molecule is CC(CN(C)C(=O)NCC(C)C(F)(F)F)C(=O)O. The minimum Gasteiger partial charge on any atom is -0.481 e. The molecule has 0 aliphatic rings. The normalized spacial score (nSPS) is 14.8. The molecule has 0 saturated heterocycles. The summed E-state index contributed by atoms with van der Waals surface area (Å²) in [6.07, 6.45) is -4.36. The highest BCUT2D eigenvalue weighted by atomic mass is 19.4. The van der Waals surface area contributed by atoms with Gasteiger partial charge in [0.25, 0.3) is 0 Å². The molecule has 0 saturated carbocycles. The second-order valence-electron chi connectivity index (χ2n) is 4.25. The number of aliphatic carboxylic acids is 1. The number of amides is 2. The zero-order valence-corrected chi connectivity index (χ0v) is 10.4. The molecule has 0 aromatic heterocycles. The Bertz CT molecular complexity index is 307. The summed E-state index contributed by atoms with van der Waals surface area (Å²) in [5.74, 6) is -3.49. The monoisotopic (exact) mass is 270 g/mol. The lowest BCUT2D eigenvalue weighted by Crippen LogP contribution is -2.43. The van der Waals surface area contributed by atoms with Gasteiger partial charge in [-0.15, -0.1) is 0 Å². The number of urea groups is 1. The van der Waals surface area contributed by atoms with Gasteiger partial charge in [-0.05, 0) is 0 Å². The lowest BCUT2D eigenvalue weighted by Gasteiger charge is -2.22. The first-order valence-electron chi connectivity index (χ1n) is 5.34. The topological polar surface area (TPSA) is 69.6 Å². The van der Waals surface area contributed by atoms with Crippen molar-refractivity contribution in [1.29, 1.82) is 0 Å². The van der Waals surface area contributed by atoms with E-state index in [0.29, 0.717) is 0 Å². The summed E-state index contributed by atoms with van der Waals surface area (Å²) < 4.78 is 36.5. The number of carbonyl (C=O) groups excluding carboxylic acids is 1. The van der Waals surface area contributed by atoms with Gasteiger partial charge in [0.1, 0.15) is 0 Å². The number of hydrogen-bond acceptors (Lipinski definition) is 2. The molecule has 2 unspecified atom stereocenters. The van der Waals surface area contributed by atoms with Crippen LogP contribution in [0.3, 0.4) is 0 Å². The largest absolute Gasteiger partial charge is 0.481 e. The Kier molecular flexibility index (Phi) is 5.93. The Morgan fingerprint density at radius 1 is 1.33 bits per heavy atom. The van der Waals surface area contributed by atoms with Gasteiger partial charge in [0, 0.05) is 20.1 Å². The molecule has 18 heavy (non-hydrogen) atoms. The first-order valence-corrected chi connectivity index (χ1v) is 5.34. The Morgan fingerprint density at radius 2 is 1.83 bits per heavy atom. The van der Waals surface area contributed by atoms with E-state index >= 15 is 0 Å². The Morgan fingerprint density at radius 3 is 2.22 bits per heavy atom. The van der Waals surface area contributed by atoms with E-state index in [1.807, 2.05) is 0 Å². The molecule has 2 amide bonds. The number of nitrogens with zero attached hydrogens (tertiary/aromatic N) is 1. The fourth-order valence-corrected chi connectivity index (χ4v) is 1.06. The van der Waals surface area contributed by atoms with E-state index < -0.39 is 36.6 Å². The maximum absolute atomic E-state index is 12.2. The quantitative estimate of drug-likeness (QED) is 0.796. The zero-order chi connectivity index (χ0) is 14.5. The number of hydrogen-bond donors (Lipinski definition) is 2. The molecule has 0 aromatic rings. The molecule has 2 N–H and O–H groups in total. The number of nitrogens with one attached hydrogen (secondary N) is 1. The highest BCUT2D eigenvalue weighted by Crippen LogP contribution is 2.24. The van der Waals surface area contributed by atoms with E-state index in [1.165, 1.54) is 14.0 Å². The molecule has 0 aliphatic carbocycles. The zero-order valence-electron chi connectivity index (χ0n) is 10.4. The van der Waals surface area contributed by atoms with Crippen LogP contribution in [0.5, 0.6) is 0 Å². The van der Waals surface area contributed by atoms with Gasteiger partial charge < -0.3 is 15.3 Å². The highest BCUT2D eigenvalue weighted by molar-refractivity contribution is 5.75. The van der Waals surface area contributed by atoms with Crippen molar-refractivity contribution in [2.75, 3.05) is 20.1 Å². The highest BCUT2D eigenvalue weighted by Gasteiger charge is 2.36. The van der Waals surface area contributed by atoms with E-state index in [9.17, 15) is 22.8 Å². The van der Waals surface area contributed by atoms with E-state index in [1.54, 1.807) is 0 Å². The van der Waals surface area contributed by atoms with Gasteiger partial charge in [0.2, 0.25) is 0 Å². The third-order valence-electron chi connectivity index (χ3n) is 2.43. The predicted molar refractivity (Wildman–Crippen MR) is 58.0 cm³/mol. The summed E-state index contributed by atoms with van der Waals surface area (Å²) in [6.45, 7) is 1.76. The Labute approximate surface area is 103 Å². The molecule has 2 atom stereocenters. The smallest absolute Gasteiger partial charge is 0.393 e. The molecule has 0 aromatic carbocycles. The molecule has 0 bridgehead atoms. The summed E-state index contributed by atoms with van der Waals surface area (Å²) in [4.78, 5) is 23.0. The van der Waals surface area contributed by atoms with Crippen molar-refractivity contribution in [1.82, 2.24) is 10.2 Å². The van der Waals surface area contributed by atoms with Crippen LogP contribution in [0.4, 0.5) is 18.0 Å². The Hall–Kier alpha value is -1.47. The maximum atomic E-state index is 12.2. The first kappa shape index (κ1) is 16.5. The van der Waals surface area contributed by atoms with Crippen LogP contribution in [-0.4, -0.2) is 48.3 Å². The third-order valence-corrected chi connectivity index (χ3v) is 2.43. The molecule has 0 fully saturated rings. The number of halogens is 3. The van der Waals surface area contributed by atoms with Crippen LogP contribution < -0.4 is 5.32 Å². The van der Waals surface area contributed by atoms with E-state index in [0.717, 1.165) is 11.8 Å². The van der Waals surface area contributed by atoms with E-state index in [4.69, 9.17) is 5.11 Å². The van der Waals surface area contributed by atoms with Crippen molar-refractivity contribution in [3.05, 3.63) is 0 Å². The molecule has 0 heterocycles. The van der Waals surface area contributed by atoms with Crippen molar-refractivity contribution in [2.24, 2.45) is 11.8 Å². The second kappa shape index (κ2) is 6.46. The first-order chi connectivity index (χ1) is 8.05. The van der Waals surface area contributed by atoms with Crippen LogP contribution in [0, 0.1) is 11.8 Å².